The molecule has 0 aliphatic carbocycles. The maximum Gasteiger partial charge on any atom is 0.141 e. The van der Waals surface area contributed by atoms with E-state index in [2.05, 4.69) is 10.4 Å². The van der Waals surface area contributed by atoms with Gasteiger partial charge in [-0.3, -0.25) is 11.3 Å². The Hall–Kier alpha value is -1.43. The molecule has 1 unspecified atom stereocenters. The second-order valence-corrected chi connectivity index (χ2v) is 4.79. The van der Waals surface area contributed by atoms with Gasteiger partial charge in [0, 0.05) is 31.9 Å². The molecule has 0 spiro atoms. The fourth-order valence-electron chi connectivity index (χ4n) is 1.99. The third kappa shape index (κ3) is 3.32. The molecule has 1 aromatic carbocycles. The number of hydrazine groups is 1. The summed E-state index contributed by atoms with van der Waals surface area (Å²) in [5, 5.41) is 0.106. The molecule has 1 aromatic heterocycles. The summed E-state index contributed by atoms with van der Waals surface area (Å²) in [6.07, 6.45) is 5.18. The van der Waals surface area contributed by atoms with E-state index in [0.29, 0.717) is 0 Å². The maximum absolute atomic E-state index is 13.1. The van der Waals surface area contributed by atoms with Gasteiger partial charge in [0.1, 0.15) is 11.6 Å². The van der Waals surface area contributed by atoms with E-state index in [4.69, 9.17) is 17.4 Å². The predicted octanol–water partition coefficient (Wildman–Crippen LogP) is 2.35. The van der Waals surface area contributed by atoms with Gasteiger partial charge in [-0.25, -0.2) is 9.37 Å². The minimum atomic E-state index is -0.426. The van der Waals surface area contributed by atoms with Crippen LogP contribution in [0.1, 0.15) is 23.9 Å². The first-order chi connectivity index (χ1) is 9.11. The second-order valence-electron chi connectivity index (χ2n) is 4.39. The van der Waals surface area contributed by atoms with Crippen LogP contribution in [0.4, 0.5) is 4.39 Å². The molecule has 102 valence electrons. The van der Waals surface area contributed by atoms with Gasteiger partial charge in [0.2, 0.25) is 0 Å². The van der Waals surface area contributed by atoms with Gasteiger partial charge in [-0.15, -0.1) is 0 Å². The Labute approximate surface area is 116 Å². The van der Waals surface area contributed by atoms with Gasteiger partial charge in [0.05, 0.1) is 5.02 Å². The molecule has 1 heterocycles. The van der Waals surface area contributed by atoms with E-state index >= 15 is 0 Å². The zero-order chi connectivity index (χ0) is 13.8. The molecule has 0 radical (unpaired) electrons. The number of aryl methyl sites for hydroxylation is 2. The van der Waals surface area contributed by atoms with E-state index in [-0.39, 0.29) is 11.1 Å². The minimum Gasteiger partial charge on any atom is -0.338 e. The highest BCUT2D eigenvalue weighted by atomic mass is 35.5. The predicted molar refractivity (Wildman–Crippen MR) is 73.0 cm³/mol. The number of rotatable bonds is 5. The van der Waals surface area contributed by atoms with Crippen molar-refractivity contribution in [2.45, 2.75) is 18.9 Å². The summed E-state index contributed by atoms with van der Waals surface area (Å²) in [7, 11) is 1.95. The number of imidazole rings is 1. The molecular formula is C13H16ClFN4. The monoisotopic (exact) mass is 282 g/mol. The molecular weight excluding hydrogens is 267 g/mol. The van der Waals surface area contributed by atoms with Crippen LogP contribution in [0.15, 0.2) is 30.6 Å². The first-order valence-corrected chi connectivity index (χ1v) is 6.37. The zero-order valence-electron chi connectivity index (χ0n) is 10.6. The van der Waals surface area contributed by atoms with Crippen LogP contribution in [0.2, 0.25) is 5.02 Å². The maximum atomic E-state index is 13.1. The largest absolute Gasteiger partial charge is 0.338 e. The lowest BCUT2D eigenvalue weighted by Crippen LogP contribution is -2.28. The fraction of sp³-hybridized carbons (Fsp3) is 0.308. The standard InChI is InChI=1S/C13H16ClFN4/c1-19-7-6-17-13(19)5-4-12(18-16)9-2-3-11(15)10(14)8-9/h2-3,6-8,12,18H,4-5,16H2,1H3. The summed E-state index contributed by atoms with van der Waals surface area (Å²) in [6, 6.07) is 4.54. The number of hydrogen-bond acceptors (Lipinski definition) is 3. The lowest BCUT2D eigenvalue weighted by Gasteiger charge is -2.16. The Morgan fingerprint density at radius 1 is 1.53 bits per heavy atom. The highest BCUT2D eigenvalue weighted by Crippen LogP contribution is 2.23. The topological polar surface area (TPSA) is 55.9 Å². The zero-order valence-corrected chi connectivity index (χ0v) is 11.4. The molecule has 19 heavy (non-hydrogen) atoms. The molecule has 4 nitrogen and oxygen atoms in total. The van der Waals surface area contributed by atoms with Crippen molar-refractivity contribution < 1.29 is 4.39 Å². The van der Waals surface area contributed by atoms with E-state index in [1.165, 1.54) is 6.07 Å². The van der Waals surface area contributed by atoms with Crippen LogP contribution in [0.3, 0.4) is 0 Å². The van der Waals surface area contributed by atoms with Crippen molar-refractivity contribution >= 4 is 11.6 Å². The van der Waals surface area contributed by atoms with Gasteiger partial charge in [-0.2, -0.15) is 0 Å². The number of benzene rings is 1. The Bertz CT molecular complexity index is 555. The van der Waals surface area contributed by atoms with E-state index < -0.39 is 5.82 Å². The Balaban J connectivity index is 2.07. The number of nitrogens with one attached hydrogen (secondary N) is 1. The molecule has 0 bridgehead atoms. The Morgan fingerprint density at radius 2 is 2.32 bits per heavy atom. The summed E-state index contributed by atoms with van der Waals surface area (Å²) >= 11 is 5.78. The van der Waals surface area contributed by atoms with Crippen molar-refractivity contribution in [3.05, 3.63) is 52.8 Å². The smallest absolute Gasteiger partial charge is 0.141 e. The summed E-state index contributed by atoms with van der Waals surface area (Å²) in [5.41, 5.74) is 3.59. The molecule has 0 saturated heterocycles. The van der Waals surface area contributed by atoms with Crippen LogP contribution in [-0.2, 0) is 13.5 Å². The third-order valence-electron chi connectivity index (χ3n) is 3.12. The first kappa shape index (κ1) is 14.0. The average molecular weight is 283 g/mol. The van der Waals surface area contributed by atoms with Crippen LogP contribution in [0.5, 0.6) is 0 Å². The van der Waals surface area contributed by atoms with E-state index in [0.717, 1.165) is 24.2 Å². The molecule has 0 fully saturated rings. The van der Waals surface area contributed by atoms with Gasteiger partial charge in [0.15, 0.2) is 0 Å². The van der Waals surface area contributed by atoms with Crippen molar-refractivity contribution in [1.82, 2.24) is 15.0 Å². The number of nitrogens with zero attached hydrogens (tertiary/aromatic N) is 2. The van der Waals surface area contributed by atoms with Gasteiger partial charge in [-0.05, 0) is 24.1 Å². The highest BCUT2D eigenvalue weighted by molar-refractivity contribution is 6.30. The number of nitrogens with two attached hydrogens (primary N) is 1. The Kier molecular flexibility index (Phi) is 4.52. The summed E-state index contributed by atoms with van der Waals surface area (Å²) in [5.74, 6) is 6.11. The van der Waals surface area contributed by atoms with E-state index in [1.54, 1.807) is 18.3 Å². The lowest BCUT2D eigenvalue weighted by molar-refractivity contribution is 0.505. The van der Waals surface area contributed by atoms with Crippen molar-refractivity contribution in [1.29, 1.82) is 0 Å². The molecule has 2 aromatic rings. The molecule has 0 aliphatic rings. The van der Waals surface area contributed by atoms with Gasteiger partial charge in [-0.1, -0.05) is 17.7 Å². The fourth-order valence-corrected chi connectivity index (χ4v) is 2.18. The lowest BCUT2D eigenvalue weighted by atomic mass is 10.0. The van der Waals surface area contributed by atoms with Crippen molar-refractivity contribution in [2.75, 3.05) is 0 Å². The van der Waals surface area contributed by atoms with Gasteiger partial charge < -0.3 is 4.57 Å². The van der Waals surface area contributed by atoms with Crippen LogP contribution in [0, 0.1) is 5.82 Å². The molecule has 2 rings (SSSR count). The quantitative estimate of drug-likeness (QED) is 0.654. The molecule has 0 amide bonds. The number of aromatic nitrogens is 2. The average Bonchev–Trinajstić information content (AvgIpc) is 2.80. The number of halogens is 2. The Morgan fingerprint density at radius 3 is 2.89 bits per heavy atom. The normalized spacial score (nSPS) is 12.6. The third-order valence-corrected chi connectivity index (χ3v) is 3.41. The van der Waals surface area contributed by atoms with Crippen molar-refractivity contribution in [3.63, 3.8) is 0 Å². The molecule has 6 heteroatoms. The van der Waals surface area contributed by atoms with Crippen LogP contribution in [0.25, 0.3) is 0 Å². The molecule has 1 atom stereocenters. The highest BCUT2D eigenvalue weighted by Gasteiger charge is 2.13. The second kappa shape index (κ2) is 6.14. The van der Waals surface area contributed by atoms with Crippen LogP contribution < -0.4 is 11.3 Å². The van der Waals surface area contributed by atoms with Gasteiger partial charge >= 0.3 is 0 Å². The van der Waals surface area contributed by atoms with Crippen molar-refractivity contribution in [3.8, 4) is 0 Å². The molecule has 0 saturated carbocycles. The minimum absolute atomic E-state index is 0.0881. The van der Waals surface area contributed by atoms with Gasteiger partial charge in [0.25, 0.3) is 0 Å². The van der Waals surface area contributed by atoms with E-state index in [9.17, 15) is 4.39 Å². The van der Waals surface area contributed by atoms with E-state index in [1.807, 2.05) is 17.8 Å². The van der Waals surface area contributed by atoms with Crippen LogP contribution in [-0.4, -0.2) is 9.55 Å². The first-order valence-electron chi connectivity index (χ1n) is 5.99. The summed E-state index contributed by atoms with van der Waals surface area (Å²) in [6.45, 7) is 0. The number of hydrogen-bond donors (Lipinski definition) is 2. The SMILES string of the molecule is Cn1ccnc1CCC(NN)c1ccc(F)c(Cl)c1. The summed E-state index contributed by atoms with van der Waals surface area (Å²) in [4.78, 5) is 4.26. The van der Waals surface area contributed by atoms with Crippen molar-refractivity contribution in [2.24, 2.45) is 12.9 Å². The molecule has 0 aliphatic heterocycles. The molecule has 3 N–H and O–H groups in total. The van der Waals surface area contributed by atoms with Crippen LogP contribution >= 0.6 is 11.6 Å². The summed E-state index contributed by atoms with van der Waals surface area (Å²) < 4.78 is 15.1.